The van der Waals surface area contributed by atoms with Gasteiger partial charge >= 0.3 is 17.9 Å². The number of hydrogen-bond acceptors (Lipinski definition) is 6. The minimum absolute atomic E-state index is 0.246. The molecule has 2 aromatic carbocycles. The van der Waals surface area contributed by atoms with E-state index in [0.29, 0.717) is 21.9 Å². The molecule has 22 heavy (non-hydrogen) atoms. The maximum absolute atomic E-state index is 11.8. The van der Waals surface area contributed by atoms with Crippen molar-refractivity contribution < 1.29 is 23.9 Å². The molecule has 0 spiro atoms. The number of rotatable bonds is 3. The van der Waals surface area contributed by atoms with Gasteiger partial charge in [0.2, 0.25) is 0 Å². The minimum atomic E-state index is -0.812. The summed E-state index contributed by atoms with van der Waals surface area (Å²) in [5, 5.41) is 1.25. The van der Waals surface area contributed by atoms with Gasteiger partial charge in [0, 0.05) is 5.39 Å². The Morgan fingerprint density at radius 2 is 1.86 bits per heavy atom. The van der Waals surface area contributed by atoms with Gasteiger partial charge in [-0.1, -0.05) is 18.2 Å². The third-order valence-corrected chi connectivity index (χ3v) is 3.70. The molecule has 0 unspecified atom stereocenters. The standard InChI is InChI=1S/C16H13NO5/c1-21-16(20)12(17)7-8-5-6-11-13-9(8)3-2-4-10(13)14(18)22-15(11)19/h2-6,12H,7,17H2,1H3/t12-/m1/s1. The Bertz CT molecular complexity index is 791. The Hall–Kier alpha value is -2.73. The SMILES string of the molecule is COC(=O)[C@H](N)Cc1ccc2c3c(cccc13)C(=O)OC2=O. The zero-order valence-corrected chi connectivity index (χ0v) is 11.8. The summed E-state index contributed by atoms with van der Waals surface area (Å²) in [7, 11) is 1.27. The molecule has 0 fully saturated rings. The van der Waals surface area contributed by atoms with E-state index < -0.39 is 23.9 Å². The van der Waals surface area contributed by atoms with E-state index in [0.717, 1.165) is 5.56 Å². The van der Waals surface area contributed by atoms with Gasteiger partial charge in [-0.05, 0) is 29.5 Å². The van der Waals surface area contributed by atoms with E-state index in [1.54, 1.807) is 30.3 Å². The predicted octanol–water partition coefficient (Wildman–Crippen LogP) is 1.19. The van der Waals surface area contributed by atoms with Crippen molar-refractivity contribution in [3.63, 3.8) is 0 Å². The monoisotopic (exact) mass is 299 g/mol. The van der Waals surface area contributed by atoms with Gasteiger partial charge in [-0.25, -0.2) is 9.59 Å². The zero-order chi connectivity index (χ0) is 15.9. The lowest BCUT2D eigenvalue weighted by molar-refractivity contribution is -0.142. The lowest BCUT2D eigenvalue weighted by Crippen LogP contribution is -2.33. The van der Waals surface area contributed by atoms with Gasteiger partial charge in [-0.3, -0.25) is 4.79 Å². The van der Waals surface area contributed by atoms with Gasteiger partial charge in [-0.15, -0.1) is 0 Å². The van der Waals surface area contributed by atoms with Crippen LogP contribution in [0.4, 0.5) is 0 Å². The molecule has 6 heteroatoms. The molecular formula is C16H13NO5. The molecule has 1 aliphatic rings. The molecule has 1 aliphatic heterocycles. The summed E-state index contributed by atoms with van der Waals surface area (Å²) in [5.74, 6) is -1.86. The molecule has 0 saturated heterocycles. The van der Waals surface area contributed by atoms with Gasteiger partial charge in [0.05, 0.1) is 18.2 Å². The molecule has 2 aromatic rings. The highest BCUT2D eigenvalue weighted by Gasteiger charge is 2.28. The second-order valence-corrected chi connectivity index (χ2v) is 5.01. The first-order valence-corrected chi connectivity index (χ1v) is 6.67. The van der Waals surface area contributed by atoms with Crippen LogP contribution in [-0.4, -0.2) is 31.1 Å². The summed E-state index contributed by atoms with van der Waals surface area (Å²) in [6, 6.07) is 7.57. The largest absolute Gasteiger partial charge is 0.468 e. The van der Waals surface area contributed by atoms with Crippen molar-refractivity contribution in [2.24, 2.45) is 5.73 Å². The van der Waals surface area contributed by atoms with Crippen molar-refractivity contribution in [2.45, 2.75) is 12.5 Å². The highest BCUT2D eigenvalue weighted by Crippen LogP contribution is 2.31. The number of esters is 3. The highest BCUT2D eigenvalue weighted by atomic mass is 16.6. The third-order valence-electron chi connectivity index (χ3n) is 3.70. The van der Waals surface area contributed by atoms with Crippen LogP contribution in [0.1, 0.15) is 26.3 Å². The molecule has 2 N–H and O–H groups in total. The normalized spacial score (nSPS) is 14.6. The first kappa shape index (κ1) is 14.2. The maximum Gasteiger partial charge on any atom is 0.346 e. The summed E-state index contributed by atoms with van der Waals surface area (Å²) in [6.45, 7) is 0. The number of methoxy groups -OCH3 is 1. The number of ether oxygens (including phenoxy) is 2. The van der Waals surface area contributed by atoms with Crippen molar-refractivity contribution in [3.05, 3.63) is 47.0 Å². The maximum atomic E-state index is 11.8. The van der Waals surface area contributed by atoms with Crippen molar-refractivity contribution in [3.8, 4) is 0 Å². The fraction of sp³-hybridized carbons (Fsp3) is 0.188. The van der Waals surface area contributed by atoms with Crippen molar-refractivity contribution in [2.75, 3.05) is 7.11 Å². The molecule has 0 saturated carbocycles. The van der Waals surface area contributed by atoms with Crippen LogP contribution in [0, 0.1) is 0 Å². The summed E-state index contributed by atoms with van der Waals surface area (Å²) in [6.07, 6.45) is 0.246. The Kier molecular flexibility index (Phi) is 3.38. The second kappa shape index (κ2) is 5.23. The first-order valence-electron chi connectivity index (χ1n) is 6.67. The van der Waals surface area contributed by atoms with Crippen molar-refractivity contribution >= 4 is 28.7 Å². The number of carbonyl (C=O) groups is 3. The smallest absolute Gasteiger partial charge is 0.346 e. The van der Waals surface area contributed by atoms with E-state index in [4.69, 9.17) is 10.5 Å². The van der Waals surface area contributed by atoms with E-state index in [-0.39, 0.29) is 6.42 Å². The average Bonchev–Trinajstić information content (AvgIpc) is 2.52. The molecule has 0 bridgehead atoms. The van der Waals surface area contributed by atoms with E-state index in [9.17, 15) is 14.4 Å². The molecule has 1 heterocycles. The van der Waals surface area contributed by atoms with Gasteiger partial charge in [0.1, 0.15) is 6.04 Å². The zero-order valence-electron chi connectivity index (χ0n) is 11.8. The minimum Gasteiger partial charge on any atom is -0.468 e. The summed E-state index contributed by atoms with van der Waals surface area (Å²) >= 11 is 0. The number of benzene rings is 2. The Morgan fingerprint density at radius 1 is 1.18 bits per heavy atom. The Balaban J connectivity index is 2.16. The number of nitrogens with two attached hydrogens (primary N) is 1. The summed E-state index contributed by atoms with van der Waals surface area (Å²) < 4.78 is 9.32. The lowest BCUT2D eigenvalue weighted by Gasteiger charge is -2.18. The molecule has 112 valence electrons. The van der Waals surface area contributed by atoms with Crippen LogP contribution in [-0.2, 0) is 20.7 Å². The molecule has 3 rings (SSSR count). The fourth-order valence-corrected chi connectivity index (χ4v) is 2.65. The Labute approximate surface area is 125 Å². The van der Waals surface area contributed by atoms with Crippen LogP contribution in [0.3, 0.4) is 0 Å². The first-order chi connectivity index (χ1) is 10.5. The van der Waals surface area contributed by atoms with Crippen LogP contribution in [0.25, 0.3) is 10.8 Å². The van der Waals surface area contributed by atoms with Crippen molar-refractivity contribution in [1.29, 1.82) is 0 Å². The quantitative estimate of drug-likeness (QED) is 0.675. The topological polar surface area (TPSA) is 95.7 Å². The van der Waals surface area contributed by atoms with Gasteiger partial charge in [0.25, 0.3) is 0 Å². The molecule has 0 aromatic heterocycles. The molecule has 6 nitrogen and oxygen atoms in total. The molecular weight excluding hydrogens is 286 g/mol. The Morgan fingerprint density at radius 3 is 2.55 bits per heavy atom. The average molecular weight is 299 g/mol. The fourth-order valence-electron chi connectivity index (χ4n) is 2.65. The summed E-state index contributed by atoms with van der Waals surface area (Å²) in [4.78, 5) is 35.1. The lowest BCUT2D eigenvalue weighted by atomic mass is 9.91. The molecule has 0 aliphatic carbocycles. The van der Waals surface area contributed by atoms with E-state index in [1.165, 1.54) is 7.11 Å². The summed E-state index contributed by atoms with van der Waals surface area (Å²) in [5.41, 5.74) is 7.23. The number of hydrogen-bond donors (Lipinski definition) is 1. The molecule has 0 radical (unpaired) electrons. The third kappa shape index (κ3) is 2.14. The van der Waals surface area contributed by atoms with E-state index >= 15 is 0 Å². The molecule has 1 atom stereocenters. The number of carbonyl (C=O) groups excluding carboxylic acids is 3. The van der Waals surface area contributed by atoms with Crippen LogP contribution in [0.5, 0.6) is 0 Å². The van der Waals surface area contributed by atoms with Gasteiger partial charge in [-0.2, -0.15) is 0 Å². The van der Waals surface area contributed by atoms with Gasteiger partial charge < -0.3 is 15.2 Å². The van der Waals surface area contributed by atoms with Crippen LogP contribution < -0.4 is 5.73 Å². The van der Waals surface area contributed by atoms with Crippen LogP contribution in [0.2, 0.25) is 0 Å². The van der Waals surface area contributed by atoms with E-state index in [1.807, 2.05) is 0 Å². The van der Waals surface area contributed by atoms with Gasteiger partial charge in [0.15, 0.2) is 0 Å². The number of cyclic esters (lactones) is 2. The predicted molar refractivity (Wildman–Crippen MR) is 77.4 cm³/mol. The highest BCUT2D eigenvalue weighted by molar-refractivity contribution is 6.21. The van der Waals surface area contributed by atoms with E-state index in [2.05, 4.69) is 4.74 Å². The van der Waals surface area contributed by atoms with Crippen LogP contribution >= 0.6 is 0 Å². The van der Waals surface area contributed by atoms with Crippen molar-refractivity contribution in [1.82, 2.24) is 0 Å². The van der Waals surface area contributed by atoms with Crippen LogP contribution in [0.15, 0.2) is 30.3 Å². The molecule has 0 amide bonds. The second-order valence-electron chi connectivity index (χ2n) is 5.01.